The van der Waals surface area contributed by atoms with Gasteiger partial charge in [0.05, 0.1) is 10.7 Å². The van der Waals surface area contributed by atoms with Gasteiger partial charge in [-0.1, -0.05) is 26.8 Å². The molecular formula is C15H22N2O3S. The fourth-order valence-corrected chi connectivity index (χ4v) is 2.72. The van der Waals surface area contributed by atoms with Crippen LogP contribution in [-0.4, -0.2) is 28.0 Å². The Morgan fingerprint density at radius 2 is 2.10 bits per heavy atom. The summed E-state index contributed by atoms with van der Waals surface area (Å²) in [5.74, 6) is -1.42. The molecule has 0 aliphatic rings. The van der Waals surface area contributed by atoms with Crippen LogP contribution in [0.15, 0.2) is 12.7 Å². The van der Waals surface area contributed by atoms with Gasteiger partial charge in [0.15, 0.2) is 0 Å². The van der Waals surface area contributed by atoms with Crippen molar-refractivity contribution in [2.24, 2.45) is 0 Å². The molecule has 1 atom stereocenters. The molecule has 1 amide bonds. The van der Waals surface area contributed by atoms with Gasteiger partial charge in [0.2, 0.25) is 0 Å². The smallest absolute Gasteiger partial charge is 0.326 e. The van der Waals surface area contributed by atoms with Crippen molar-refractivity contribution in [2.75, 3.05) is 0 Å². The van der Waals surface area contributed by atoms with Crippen molar-refractivity contribution in [1.82, 2.24) is 10.3 Å². The molecule has 21 heavy (non-hydrogen) atoms. The maximum absolute atomic E-state index is 12.3. The molecule has 1 unspecified atom stereocenters. The number of thiazole rings is 1. The number of allylic oxidation sites excluding steroid dienone is 1. The maximum atomic E-state index is 12.3. The van der Waals surface area contributed by atoms with Gasteiger partial charge >= 0.3 is 5.97 Å². The minimum Gasteiger partial charge on any atom is -0.480 e. The molecule has 0 spiro atoms. The summed E-state index contributed by atoms with van der Waals surface area (Å²) in [7, 11) is 0. The monoisotopic (exact) mass is 310 g/mol. The zero-order chi connectivity index (χ0) is 16.2. The lowest BCUT2D eigenvalue weighted by molar-refractivity contribution is -0.139. The van der Waals surface area contributed by atoms with Crippen LogP contribution in [-0.2, 0) is 10.2 Å². The summed E-state index contributed by atoms with van der Waals surface area (Å²) in [4.78, 5) is 28.3. The summed E-state index contributed by atoms with van der Waals surface area (Å²) in [6, 6.07) is -0.907. The van der Waals surface area contributed by atoms with Crippen LogP contribution >= 0.6 is 11.3 Å². The molecule has 1 rings (SSSR count). The lowest BCUT2D eigenvalue weighted by Crippen LogP contribution is -2.40. The van der Waals surface area contributed by atoms with Gasteiger partial charge in [0.25, 0.3) is 5.91 Å². The van der Waals surface area contributed by atoms with E-state index in [-0.39, 0.29) is 11.3 Å². The fraction of sp³-hybridized carbons (Fsp3) is 0.533. The van der Waals surface area contributed by atoms with E-state index < -0.39 is 12.0 Å². The molecule has 1 heterocycles. The molecule has 0 fully saturated rings. The molecule has 1 aromatic heterocycles. The van der Waals surface area contributed by atoms with Gasteiger partial charge < -0.3 is 10.4 Å². The Bertz CT molecular complexity index is 544. The molecule has 0 radical (unpaired) electrons. The van der Waals surface area contributed by atoms with E-state index in [1.54, 1.807) is 13.0 Å². The van der Waals surface area contributed by atoms with Gasteiger partial charge in [-0.25, -0.2) is 9.78 Å². The lowest BCUT2D eigenvalue weighted by atomic mass is 9.98. The second-order valence-corrected chi connectivity index (χ2v) is 6.91. The first-order chi connectivity index (χ1) is 9.66. The van der Waals surface area contributed by atoms with Gasteiger partial charge in [-0.2, -0.15) is 0 Å². The Morgan fingerprint density at radius 3 is 2.52 bits per heavy atom. The predicted molar refractivity (Wildman–Crippen MR) is 83.9 cm³/mol. The Labute approximate surface area is 129 Å². The molecule has 0 saturated carbocycles. The van der Waals surface area contributed by atoms with Crippen LogP contribution < -0.4 is 5.32 Å². The minimum atomic E-state index is -1.04. The van der Waals surface area contributed by atoms with E-state index >= 15 is 0 Å². The number of amides is 1. The number of carboxylic acid groups (broad SMARTS) is 1. The average Bonchev–Trinajstić information content (AvgIpc) is 2.76. The second-order valence-electron chi connectivity index (χ2n) is 5.91. The Morgan fingerprint density at radius 1 is 1.48 bits per heavy atom. The molecule has 0 aromatic carbocycles. The van der Waals surface area contributed by atoms with Crippen LogP contribution in [0, 0.1) is 6.92 Å². The number of carbonyl (C=O) groups excluding carboxylic acids is 1. The number of nitrogens with one attached hydrogen (secondary N) is 1. The lowest BCUT2D eigenvalue weighted by Gasteiger charge is -2.14. The molecule has 1 aromatic rings. The van der Waals surface area contributed by atoms with E-state index in [9.17, 15) is 9.59 Å². The Balaban J connectivity index is 2.90. The summed E-state index contributed by atoms with van der Waals surface area (Å²) in [6.07, 6.45) is 2.50. The number of carboxylic acids is 1. The third-order valence-electron chi connectivity index (χ3n) is 2.91. The number of carbonyl (C=O) groups is 2. The predicted octanol–water partition coefficient (Wildman–Crippen LogP) is 2.90. The fourth-order valence-electron chi connectivity index (χ4n) is 1.69. The number of hydrogen-bond acceptors (Lipinski definition) is 4. The number of aromatic nitrogens is 1. The van der Waals surface area contributed by atoms with E-state index in [0.717, 1.165) is 5.01 Å². The largest absolute Gasteiger partial charge is 0.480 e. The summed E-state index contributed by atoms with van der Waals surface area (Å²) in [5.41, 5.74) is 0.499. The SMILES string of the molecule is C=CCCC(NC(=O)c1sc(C(C)(C)C)nc1C)C(=O)O. The van der Waals surface area contributed by atoms with Crippen molar-refractivity contribution in [1.29, 1.82) is 0 Å². The highest BCUT2D eigenvalue weighted by Gasteiger charge is 2.26. The average molecular weight is 310 g/mol. The van der Waals surface area contributed by atoms with Crippen molar-refractivity contribution < 1.29 is 14.7 Å². The topological polar surface area (TPSA) is 79.3 Å². The van der Waals surface area contributed by atoms with Gasteiger partial charge in [-0.15, -0.1) is 17.9 Å². The highest BCUT2D eigenvalue weighted by Crippen LogP contribution is 2.29. The third kappa shape index (κ3) is 4.67. The van der Waals surface area contributed by atoms with E-state index in [4.69, 9.17) is 5.11 Å². The highest BCUT2D eigenvalue weighted by molar-refractivity contribution is 7.14. The normalized spacial score (nSPS) is 12.8. The number of aliphatic carboxylic acids is 1. The molecule has 116 valence electrons. The van der Waals surface area contributed by atoms with E-state index in [1.807, 2.05) is 20.8 Å². The van der Waals surface area contributed by atoms with Gasteiger partial charge in [-0.05, 0) is 19.8 Å². The second kappa shape index (κ2) is 6.85. The zero-order valence-electron chi connectivity index (χ0n) is 12.9. The van der Waals surface area contributed by atoms with Crippen molar-refractivity contribution in [3.05, 3.63) is 28.2 Å². The van der Waals surface area contributed by atoms with E-state index in [0.29, 0.717) is 23.4 Å². The number of rotatable bonds is 6. The van der Waals surface area contributed by atoms with Crippen molar-refractivity contribution in [2.45, 2.75) is 52.0 Å². The molecule has 0 bridgehead atoms. The van der Waals surface area contributed by atoms with Crippen LogP contribution in [0.1, 0.15) is 54.0 Å². The molecular weight excluding hydrogens is 288 g/mol. The standard InChI is InChI=1S/C15H22N2O3S/c1-6-7-8-10(13(19)20)17-12(18)11-9(2)16-14(21-11)15(3,4)5/h6,10H,1,7-8H2,2-5H3,(H,17,18)(H,19,20). The van der Waals surface area contributed by atoms with Crippen molar-refractivity contribution >= 4 is 23.2 Å². The Hall–Kier alpha value is -1.69. The van der Waals surface area contributed by atoms with Crippen LogP contribution in [0.25, 0.3) is 0 Å². The van der Waals surface area contributed by atoms with Gasteiger partial charge in [-0.3, -0.25) is 4.79 Å². The van der Waals surface area contributed by atoms with Crippen LogP contribution in [0.5, 0.6) is 0 Å². The minimum absolute atomic E-state index is 0.136. The summed E-state index contributed by atoms with van der Waals surface area (Å²) < 4.78 is 0. The first kappa shape index (κ1) is 17.4. The summed E-state index contributed by atoms with van der Waals surface area (Å²) >= 11 is 1.32. The summed E-state index contributed by atoms with van der Waals surface area (Å²) in [5, 5.41) is 12.6. The first-order valence-electron chi connectivity index (χ1n) is 6.79. The zero-order valence-corrected chi connectivity index (χ0v) is 13.7. The number of nitrogens with zero attached hydrogens (tertiary/aromatic N) is 1. The van der Waals surface area contributed by atoms with Crippen LogP contribution in [0.2, 0.25) is 0 Å². The Kier molecular flexibility index (Phi) is 5.66. The molecule has 0 saturated heterocycles. The summed E-state index contributed by atoms with van der Waals surface area (Å²) in [6.45, 7) is 11.4. The molecule has 2 N–H and O–H groups in total. The van der Waals surface area contributed by atoms with Crippen molar-refractivity contribution in [3.63, 3.8) is 0 Å². The maximum Gasteiger partial charge on any atom is 0.326 e. The molecule has 5 nitrogen and oxygen atoms in total. The molecule has 6 heteroatoms. The van der Waals surface area contributed by atoms with E-state index in [2.05, 4.69) is 16.9 Å². The highest BCUT2D eigenvalue weighted by atomic mass is 32.1. The first-order valence-corrected chi connectivity index (χ1v) is 7.61. The number of hydrogen-bond donors (Lipinski definition) is 2. The number of aryl methyl sites for hydroxylation is 1. The van der Waals surface area contributed by atoms with Crippen molar-refractivity contribution in [3.8, 4) is 0 Å². The molecule has 0 aliphatic heterocycles. The van der Waals surface area contributed by atoms with Gasteiger partial charge in [0, 0.05) is 5.41 Å². The van der Waals surface area contributed by atoms with Gasteiger partial charge in [0.1, 0.15) is 10.9 Å². The quantitative estimate of drug-likeness (QED) is 0.792. The van der Waals surface area contributed by atoms with Crippen LogP contribution in [0.4, 0.5) is 0 Å². The van der Waals surface area contributed by atoms with Crippen LogP contribution in [0.3, 0.4) is 0 Å². The third-order valence-corrected chi connectivity index (χ3v) is 4.49. The molecule has 0 aliphatic carbocycles. The van der Waals surface area contributed by atoms with E-state index in [1.165, 1.54) is 11.3 Å².